The highest BCUT2D eigenvalue weighted by molar-refractivity contribution is 7.99. The third kappa shape index (κ3) is 6.84. The van der Waals surface area contributed by atoms with Gasteiger partial charge in [0.05, 0.1) is 13.7 Å². The molecule has 0 heterocycles. The van der Waals surface area contributed by atoms with E-state index >= 15 is 0 Å². The molecule has 0 amide bonds. The molecule has 0 bridgehead atoms. The van der Waals surface area contributed by atoms with Crippen LogP contribution in [-0.2, 0) is 4.79 Å². The average Bonchev–Trinajstić information content (AvgIpc) is 2.64. The van der Waals surface area contributed by atoms with E-state index in [0.29, 0.717) is 18.1 Å². The van der Waals surface area contributed by atoms with Crippen molar-refractivity contribution in [3.05, 3.63) is 59.7 Å². The second-order valence-electron chi connectivity index (χ2n) is 5.80. The number of ether oxygens (including phenoxy) is 2. The molecule has 0 aliphatic heterocycles. The van der Waals surface area contributed by atoms with Gasteiger partial charge in [0.25, 0.3) is 0 Å². The lowest BCUT2D eigenvalue weighted by molar-refractivity contribution is -0.131. The minimum atomic E-state index is -0.979. The number of aliphatic carboxylic acids is 1. The number of methoxy groups -OCH3 is 1. The largest absolute Gasteiger partial charge is 0.493 e. The molecule has 0 aliphatic rings. The SMILES string of the molecule is COc1cc(/C=C/C(=O)O)ccc1OCCCCSc1ccc(C)cc1. The zero-order chi connectivity index (χ0) is 18.8. The molecule has 0 spiro atoms. The van der Waals surface area contributed by atoms with Crippen LogP contribution in [0, 0.1) is 6.92 Å². The highest BCUT2D eigenvalue weighted by atomic mass is 32.2. The molecule has 138 valence electrons. The van der Waals surface area contributed by atoms with E-state index in [1.165, 1.54) is 16.5 Å². The van der Waals surface area contributed by atoms with E-state index in [9.17, 15) is 4.79 Å². The van der Waals surface area contributed by atoms with Gasteiger partial charge in [-0.05, 0) is 61.4 Å². The van der Waals surface area contributed by atoms with E-state index in [4.69, 9.17) is 14.6 Å². The smallest absolute Gasteiger partial charge is 0.328 e. The Kier molecular flexibility index (Phi) is 8.09. The van der Waals surface area contributed by atoms with Crippen LogP contribution in [0.4, 0.5) is 0 Å². The fourth-order valence-corrected chi connectivity index (χ4v) is 3.20. The van der Waals surface area contributed by atoms with Gasteiger partial charge in [-0.15, -0.1) is 11.8 Å². The molecule has 1 N–H and O–H groups in total. The maximum atomic E-state index is 10.6. The average molecular weight is 372 g/mol. The lowest BCUT2D eigenvalue weighted by atomic mass is 10.2. The third-order valence-electron chi connectivity index (χ3n) is 3.69. The lowest BCUT2D eigenvalue weighted by Gasteiger charge is -2.11. The minimum absolute atomic E-state index is 0.603. The number of carboxylic acid groups (broad SMARTS) is 1. The summed E-state index contributed by atoms with van der Waals surface area (Å²) in [5, 5.41) is 8.68. The van der Waals surface area contributed by atoms with Gasteiger partial charge in [-0.1, -0.05) is 23.8 Å². The normalized spacial score (nSPS) is 10.8. The molecule has 0 saturated carbocycles. The first-order valence-corrected chi connectivity index (χ1v) is 9.48. The molecule has 0 fully saturated rings. The van der Waals surface area contributed by atoms with Crippen LogP contribution in [-0.4, -0.2) is 30.5 Å². The van der Waals surface area contributed by atoms with Crippen molar-refractivity contribution in [2.24, 2.45) is 0 Å². The first-order valence-electron chi connectivity index (χ1n) is 8.50. The van der Waals surface area contributed by atoms with Gasteiger partial charge >= 0.3 is 5.97 Å². The second kappa shape index (κ2) is 10.6. The van der Waals surface area contributed by atoms with Crippen molar-refractivity contribution in [1.29, 1.82) is 0 Å². The van der Waals surface area contributed by atoms with Crippen molar-refractivity contribution in [3.8, 4) is 11.5 Å². The number of benzene rings is 2. The predicted molar refractivity (Wildman–Crippen MR) is 106 cm³/mol. The Bertz CT molecular complexity index is 738. The van der Waals surface area contributed by atoms with Gasteiger partial charge in [0.2, 0.25) is 0 Å². The van der Waals surface area contributed by atoms with Gasteiger partial charge in [-0.25, -0.2) is 4.79 Å². The summed E-state index contributed by atoms with van der Waals surface area (Å²) in [6, 6.07) is 14.0. The molecule has 0 radical (unpaired) electrons. The molecule has 0 aromatic heterocycles. The molecule has 2 rings (SSSR count). The van der Waals surface area contributed by atoms with E-state index in [-0.39, 0.29) is 0 Å². The van der Waals surface area contributed by atoms with Crippen molar-refractivity contribution >= 4 is 23.8 Å². The summed E-state index contributed by atoms with van der Waals surface area (Å²) in [5.74, 6) is 1.35. The lowest BCUT2D eigenvalue weighted by Crippen LogP contribution is -2.00. The van der Waals surface area contributed by atoms with Crippen LogP contribution in [0.3, 0.4) is 0 Å². The Balaban J connectivity index is 1.74. The van der Waals surface area contributed by atoms with E-state index in [2.05, 4.69) is 31.2 Å². The fraction of sp³-hybridized carbons (Fsp3) is 0.286. The van der Waals surface area contributed by atoms with Crippen molar-refractivity contribution in [2.45, 2.75) is 24.7 Å². The van der Waals surface area contributed by atoms with Gasteiger partial charge in [-0.2, -0.15) is 0 Å². The second-order valence-corrected chi connectivity index (χ2v) is 6.97. The first kappa shape index (κ1) is 19.9. The molecule has 4 nitrogen and oxygen atoms in total. The Morgan fingerprint density at radius 1 is 1.12 bits per heavy atom. The van der Waals surface area contributed by atoms with Gasteiger partial charge in [0.1, 0.15) is 0 Å². The first-order chi connectivity index (χ1) is 12.6. The van der Waals surface area contributed by atoms with Crippen LogP contribution in [0.1, 0.15) is 24.0 Å². The maximum absolute atomic E-state index is 10.6. The van der Waals surface area contributed by atoms with E-state index in [1.54, 1.807) is 19.2 Å². The Morgan fingerprint density at radius 3 is 2.58 bits per heavy atom. The highest BCUT2D eigenvalue weighted by Crippen LogP contribution is 2.29. The molecule has 0 atom stereocenters. The van der Waals surface area contributed by atoms with Crippen molar-refractivity contribution in [2.75, 3.05) is 19.5 Å². The summed E-state index contributed by atoms with van der Waals surface area (Å²) < 4.78 is 11.1. The quantitative estimate of drug-likeness (QED) is 0.359. The van der Waals surface area contributed by atoms with Crippen LogP contribution in [0.25, 0.3) is 6.08 Å². The summed E-state index contributed by atoms with van der Waals surface area (Å²) in [6.45, 7) is 2.71. The molecular weight excluding hydrogens is 348 g/mol. The van der Waals surface area contributed by atoms with E-state index in [1.807, 2.05) is 17.8 Å². The predicted octanol–water partition coefficient (Wildman–Crippen LogP) is 5.05. The molecule has 2 aromatic carbocycles. The topological polar surface area (TPSA) is 55.8 Å². The summed E-state index contributed by atoms with van der Waals surface area (Å²) in [5.41, 5.74) is 2.03. The van der Waals surface area contributed by atoms with Gasteiger partial charge in [0, 0.05) is 11.0 Å². The van der Waals surface area contributed by atoms with Gasteiger partial charge in [0.15, 0.2) is 11.5 Å². The summed E-state index contributed by atoms with van der Waals surface area (Å²) >= 11 is 1.86. The Hall–Kier alpha value is -2.40. The number of rotatable bonds is 10. The zero-order valence-corrected chi connectivity index (χ0v) is 15.9. The van der Waals surface area contributed by atoms with Crippen LogP contribution in [0.2, 0.25) is 0 Å². The van der Waals surface area contributed by atoms with Crippen molar-refractivity contribution < 1.29 is 19.4 Å². The number of carbonyl (C=O) groups is 1. The minimum Gasteiger partial charge on any atom is -0.493 e. The number of hydrogen-bond acceptors (Lipinski definition) is 4. The maximum Gasteiger partial charge on any atom is 0.328 e. The monoisotopic (exact) mass is 372 g/mol. The molecule has 0 saturated heterocycles. The van der Waals surface area contributed by atoms with Crippen LogP contribution in [0.15, 0.2) is 53.4 Å². The molecular formula is C21H24O4S. The van der Waals surface area contributed by atoms with Crippen molar-refractivity contribution in [1.82, 2.24) is 0 Å². The fourth-order valence-electron chi connectivity index (χ4n) is 2.29. The van der Waals surface area contributed by atoms with Crippen molar-refractivity contribution in [3.63, 3.8) is 0 Å². The van der Waals surface area contributed by atoms with Gasteiger partial charge < -0.3 is 14.6 Å². The summed E-state index contributed by atoms with van der Waals surface area (Å²) in [6.07, 6.45) is 4.65. The van der Waals surface area contributed by atoms with E-state index < -0.39 is 5.97 Å². The van der Waals surface area contributed by atoms with Gasteiger partial charge in [-0.3, -0.25) is 0 Å². The van der Waals surface area contributed by atoms with Crippen LogP contribution >= 0.6 is 11.8 Å². The number of hydrogen-bond donors (Lipinski definition) is 1. The highest BCUT2D eigenvalue weighted by Gasteiger charge is 2.05. The molecule has 0 unspecified atom stereocenters. The van der Waals surface area contributed by atoms with E-state index in [0.717, 1.165) is 30.2 Å². The Labute approximate surface area is 158 Å². The summed E-state index contributed by atoms with van der Waals surface area (Å²) in [7, 11) is 1.57. The number of carboxylic acids is 1. The number of thioether (sulfide) groups is 1. The Morgan fingerprint density at radius 2 is 1.88 bits per heavy atom. The molecule has 0 aliphatic carbocycles. The standard InChI is InChI=1S/C21H24O4S/c1-16-5-9-18(10-6-16)26-14-4-3-13-25-19-11-7-17(8-12-21(22)23)15-20(19)24-2/h5-12,15H,3-4,13-14H2,1-2H3,(H,22,23)/b12-8+. The zero-order valence-electron chi connectivity index (χ0n) is 15.1. The molecule has 5 heteroatoms. The summed E-state index contributed by atoms with van der Waals surface area (Å²) in [4.78, 5) is 11.9. The third-order valence-corrected chi connectivity index (χ3v) is 4.79. The van der Waals surface area contributed by atoms with Crippen LogP contribution < -0.4 is 9.47 Å². The molecule has 26 heavy (non-hydrogen) atoms. The van der Waals surface area contributed by atoms with Crippen LogP contribution in [0.5, 0.6) is 11.5 Å². The number of aryl methyl sites for hydroxylation is 1. The number of unbranched alkanes of at least 4 members (excludes halogenated alkanes) is 1. The molecule has 2 aromatic rings.